The fourth-order valence-electron chi connectivity index (χ4n) is 1.84. The van der Waals surface area contributed by atoms with Crippen molar-refractivity contribution in [2.75, 3.05) is 12.3 Å². The van der Waals surface area contributed by atoms with Gasteiger partial charge in [-0.2, -0.15) is 0 Å². The van der Waals surface area contributed by atoms with Gasteiger partial charge in [0, 0.05) is 10.2 Å². The lowest BCUT2D eigenvalue weighted by Gasteiger charge is -2.24. The molecule has 17 heavy (non-hydrogen) atoms. The van der Waals surface area contributed by atoms with Gasteiger partial charge in [0.25, 0.3) is 0 Å². The molecule has 2 N–H and O–H groups in total. The summed E-state index contributed by atoms with van der Waals surface area (Å²) < 4.78 is 6.11. The maximum absolute atomic E-state index is 11.9. The molecule has 0 spiro atoms. The van der Waals surface area contributed by atoms with Crippen LogP contribution in [0, 0.1) is 12.8 Å². The minimum absolute atomic E-state index is 0.276. The van der Waals surface area contributed by atoms with E-state index in [0.29, 0.717) is 23.8 Å². The number of esters is 1. The summed E-state index contributed by atoms with van der Waals surface area (Å²) >= 11 is 3.33. The van der Waals surface area contributed by atoms with E-state index >= 15 is 0 Å². The number of nitrogen functional groups attached to an aromatic ring is 1. The van der Waals surface area contributed by atoms with Crippen molar-refractivity contribution in [1.29, 1.82) is 0 Å². The minimum atomic E-state index is -0.276. The summed E-state index contributed by atoms with van der Waals surface area (Å²) in [5, 5.41) is 0. The normalized spacial score (nSPS) is 15.4. The van der Waals surface area contributed by atoms with Crippen LogP contribution in [0.1, 0.15) is 35.2 Å². The van der Waals surface area contributed by atoms with Crippen LogP contribution in [0.5, 0.6) is 0 Å². The molecule has 0 aromatic heterocycles. The first kappa shape index (κ1) is 12.4. The summed E-state index contributed by atoms with van der Waals surface area (Å²) in [7, 11) is 0. The maximum Gasteiger partial charge on any atom is 0.338 e. The Morgan fingerprint density at radius 1 is 1.53 bits per heavy atom. The minimum Gasteiger partial charge on any atom is -0.462 e. The fraction of sp³-hybridized carbons (Fsp3) is 0.462. The molecule has 0 radical (unpaired) electrons. The van der Waals surface area contributed by atoms with Crippen molar-refractivity contribution in [2.45, 2.75) is 26.2 Å². The number of nitrogens with two attached hydrogens (primary N) is 1. The molecule has 0 amide bonds. The number of halogens is 1. The number of ether oxygens (including phenoxy) is 1. The molecule has 1 aromatic carbocycles. The Hall–Kier alpha value is -1.03. The van der Waals surface area contributed by atoms with E-state index in [1.165, 1.54) is 19.3 Å². The average Bonchev–Trinajstić information content (AvgIpc) is 2.20. The molecule has 0 saturated heterocycles. The molecule has 0 atom stereocenters. The molecule has 2 rings (SSSR count). The molecular formula is C13H16BrNO2. The van der Waals surface area contributed by atoms with Crippen LogP contribution < -0.4 is 5.73 Å². The molecule has 1 saturated carbocycles. The van der Waals surface area contributed by atoms with Crippen molar-refractivity contribution >= 4 is 27.6 Å². The van der Waals surface area contributed by atoms with Gasteiger partial charge in [0.1, 0.15) is 0 Å². The van der Waals surface area contributed by atoms with Gasteiger partial charge in [0.15, 0.2) is 0 Å². The maximum atomic E-state index is 11.9. The Morgan fingerprint density at radius 3 is 2.82 bits per heavy atom. The van der Waals surface area contributed by atoms with Crippen LogP contribution in [0.3, 0.4) is 0 Å². The lowest BCUT2D eigenvalue weighted by Crippen LogP contribution is -2.20. The molecule has 4 heteroatoms. The number of carbonyl (C=O) groups is 1. The third-order valence-electron chi connectivity index (χ3n) is 3.31. The molecule has 1 aliphatic rings. The Kier molecular flexibility index (Phi) is 3.72. The summed E-state index contributed by atoms with van der Waals surface area (Å²) in [5.41, 5.74) is 7.76. The predicted octanol–water partition coefficient (Wildman–Crippen LogP) is 3.30. The van der Waals surface area contributed by atoms with E-state index in [-0.39, 0.29) is 5.97 Å². The van der Waals surface area contributed by atoms with Gasteiger partial charge in [0.2, 0.25) is 0 Å². The highest BCUT2D eigenvalue weighted by atomic mass is 79.9. The van der Waals surface area contributed by atoms with Gasteiger partial charge < -0.3 is 10.5 Å². The SMILES string of the molecule is Cc1c(N)cc(Br)cc1C(=O)OCC1CCC1. The van der Waals surface area contributed by atoms with Crippen molar-refractivity contribution in [3.05, 3.63) is 27.7 Å². The number of hydrogen-bond acceptors (Lipinski definition) is 3. The molecule has 0 heterocycles. The largest absolute Gasteiger partial charge is 0.462 e. The van der Waals surface area contributed by atoms with E-state index in [2.05, 4.69) is 15.9 Å². The second kappa shape index (κ2) is 5.08. The van der Waals surface area contributed by atoms with Gasteiger partial charge in [-0.25, -0.2) is 4.79 Å². The van der Waals surface area contributed by atoms with Crippen molar-refractivity contribution in [1.82, 2.24) is 0 Å². The number of benzene rings is 1. The van der Waals surface area contributed by atoms with Crippen molar-refractivity contribution < 1.29 is 9.53 Å². The Morgan fingerprint density at radius 2 is 2.24 bits per heavy atom. The monoisotopic (exact) mass is 297 g/mol. The molecule has 1 aliphatic carbocycles. The topological polar surface area (TPSA) is 52.3 Å². The zero-order valence-electron chi connectivity index (χ0n) is 9.83. The molecule has 3 nitrogen and oxygen atoms in total. The van der Waals surface area contributed by atoms with Crippen LogP contribution in [-0.2, 0) is 4.74 Å². The van der Waals surface area contributed by atoms with Gasteiger partial charge in [-0.05, 0) is 43.4 Å². The van der Waals surface area contributed by atoms with E-state index in [1.807, 2.05) is 6.92 Å². The van der Waals surface area contributed by atoms with Gasteiger partial charge in [-0.1, -0.05) is 22.4 Å². The van der Waals surface area contributed by atoms with Gasteiger partial charge in [-0.15, -0.1) is 0 Å². The summed E-state index contributed by atoms with van der Waals surface area (Å²) in [6.45, 7) is 2.37. The number of carbonyl (C=O) groups excluding carboxylic acids is 1. The number of anilines is 1. The zero-order chi connectivity index (χ0) is 12.4. The Balaban J connectivity index is 2.07. The quantitative estimate of drug-likeness (QED) is 0.688. The summed E-state index contributed by atoms with van der Waals surface area (Å²) in [5.74, 6) is 0.283. The second-order valence-corrected chi connectivity index (χ2v) is 5.48. The summed E-state index contributed by atoms with van der Waals surface area (Å²) in [6.07, 6.45) is 3.60. The van der Waals surface area contributed by atoms with Crippen LogP contribution in [0.4, 0.5) is 5.69 Å². The molecule has 1 aromatic rings. The highest BCUT2D eigenvalue weighted by molar-refractivity contribution is 9.10. The van der Waals surface area contributed by atoms with E-state index in [4.69, 9.17) is 10.5 Å². The molecule has 0 aliphatic heterocycles. The highest BCUT2D eigenvalue weighted by Crippen LogP contribution is 2.27. The number of hydrogen-bond donors (Lipinski definition) is 1. The lowest BCUT2D eigenvalue weighted by atomic mass is 9.86. The third-order valence-corrected chi connectivity index (χ3v) is 3.77. The van der Waals surface area contributed by atoms with Crippen LogP contribution >= 0.6 is 15.9 Å². The van der Waals surface area contributed by atoms with Gasteiger partial charge >= 0.3 is 5.97 Å². The van der Waals surface area contributed by atoms with Crippen molar-refractivity contribution in [3.63, 3.8) is 0 Å². The highest BCUT2D eigenvalue weighted by Gasteiger charge is 2.20. The van der Waals surface area contributed by atoms with E-state index in [0.717, 1.165) is 10.0 Å². The fourth-order valence-corrected chi connectivity index (χ4v) is 2.32. The average molecular weight is 298 g/mol. The standard InChI is InChI=1S/C13H16BrNO2/c1-8-11(5-10(14)6-12(8)15)13(16)17-7-9-3-2-4-9/h5-6,9H,2-4,7,15H2,1H3. The van der Waals surface area contributed by atoms with Crippen molar-refractivity contribution in [3.8, 4) is 0 Å². The van der Waals surface area contributed by atoms with Crippen LogP contribution in [0.2, 0.25) is 0 Å². The second-order valence-electron chi connectivity index (χ2n) is 4.56. The predicted molar refractivity (Wildman–Crippen MR) is 70.9 cm³/mol. The lowest BCUT2D eigenvalue weighted by molar-refractivity contribution is 0.0370. The van der Waals surface area contributed by atoms with Gasteiger partial charge in [0.05, 0.1) is 12.2 Å². The van der Waals surface area contributed by atoms with Crippen LogP contribution in [0.15, 0.2) is 16.6 Å². The molecule has 0 unspecified atom stereocenters. The van der Waals surface area contributed by atoms with E-state index < -0.39 is 0 Å². The summed E-state index contributed by atoms with van der Waals surface area (Å²) in [4.78, 5) is 11.9. The third kappa shape index (κ3) is 2.80. The van der Waals surface area contributed by atoms with Crippen LogP contribution in [0.25, 0.3) is 0 Å². The zero-order valence-corrected chi connectivity index (χ0v) is 11.4. The first-order valence-electron chi connectivity index (χ1n) is 5.80. The number of rotatable bonds is 3. The van der Waals surface area contributed by atoms with Crippen LogP contribution in [-0.4, -0.2) is 12.6 Å². The molecule has 1 fully saturated rings. The molecule has 0 bridgehead atoms. The Labute approximate surface area is 109 Å². The van der Waals surface area contributed by atoms with E-state index in [9.17, 15) is 4.79 Å². The smallest absolute Gasteiger partial charge is 0.338 e. The van der Waals surface area contributed by atoms with E-state index in [1.54, 1.807) is 12.1 Å². The van der Waals surface area contributed by atoms with Crippen molar-refractivity contribution in [2.24, 2.45) is 5.92 Å². The molecular weight excluding hydrogens is 282 g/mol. The summed E-state index contributed by atoms with van der Waals surface area (Å²) in [6, 6.07) is 3.55. The Bertz CT molecular complexity index is 441. The first-order valence-corrected chi connectivity index (χ1v) is 6.60. The van der Waals surface area contributed by atoms with Gasteiger partial charge in [-0.3, -0.25) is 0 Å². The first-order chi connectivity index (χ1) is 8.08. The molecule has 92 valence electrons.